The van der Waals surface area contributed by atoms with Crippen molar-refractivity contribution in [3.05, 3.63) is 158 Å². The van der Waals surface area contributed by atoms with Gasteiger partial charge in [0.1, 0.15) is 5.82 Å². The molecule has 5 heteroatoms. The molecular formula is C48H28N3PS. The van der Waals surface area contributed by atoms with E-state index in [1.54, 1.807) is 0 Å². The molecule has 0 unspecified atom stereocenters. The van der Waals surface area contributed by atoms with Crippen LogP contribution in [0.1, 0.15) is 0 Å². The van der Waals surface area contributed by atoms with Crippen LogP contribution in [0.2, 0.25) is 0 Å². The van der Waals surface area contributed by atoms with Crippen LogP contribution in [-0.2, 0) is 0 Å². The summed E-state index contributed by atoms with van der Waals surface area (Å²) in [6.45, 7) is 0. The van der Waals surface area contributed by atoms with Crippen molar-refractivity contribution in [3.8, 4) is 16.9 Å². The molecule has 0 aliphatic heterocycles. The second-order valence-electron chi connectivity index (χ2n) is 13.9. The number of fused-ring (bicyclic) bond motifs is 16. The molecule has 0 atom stereocenters. The standard InChI is InChI=1S/C48H28N3PS/c1-52-51-43-17-9-7-15-36(43)38-22-21-37-35-14-6-8-16-42(35)50(47(37)48(38)51)46-26-41-40-25-29(19-23-44(40)53-45(41)27-49-46)28-18-20-34-32-12-3-2-10-30(32)31-11-4-5-13-33(31)39(34)24-28/h2-27H,1H2. The van der Waals surface area contributed by atoms with Crippen molar-refractivity contribution in [3.63, 3.8) is 0 Å². The third kappa shape index (κ3) is 4.00. The number of rotatable bonds is 3. The van der Waals surface area contributed by atoms with Gasteiger partial charge in [0.05, 0.1) is 26.8 Å². The zero-order chi connectivity index (χ0) is 34.8. The molecule has 0 radical (unpaired) electrons. The number of benzene rings is 8. The van der Waals surface area contributed by atoms with Gasteiger partial charge in [-0.2, -0.15) is 0 Å². The van der Waals surface area contributed by atoms with Gasteiger partial charge in [-0.3, -0.25) is 8.90 Å². The Kier molecular flexibility index (Phi) is 5.99. The van der Waals surface area contributed by atoms with Crippen LogP contribution in [0, 0.1) is 0 Å². The summed E-state index contributed by atoms with van der Waals surface area (Å²) in [7, 11) is 0.925. The third-order valence-corrected chi connectivity index (χ3v) is 13.1. The Morgan fingerprint density at radius 1 is 0.434 bits per heavy atom. The molecule has 8 aromatic carbocycles. The van der Waals surface area contributed by atoms with Gasteiger partial charge in [0.15, 0.2) is 0 Å². The molecule has 3 nitrogen and oxygen atoms in total. The highest BCUT2D eigenvalue weighted by atomic mass is 32.1. The molecule has 4 heterocycles. The highest BCUT2D eigenvalue weighted by molar-refractivity contribution is 7.35. The maximum absolute atomic E-state index is 5.18. The molecule has 12 rings (SSSR count). The fraction of sp³-hybridized carbons (Fsp3) is 0. The number of hydrogen-bond acceptors (Lipinski definition) is 2. The maximum Gasteiger partial charge on any atom is 0.138 e. The maximum atomic E-state index is 5.18. The van der Waals surface area contributed by atoms with Crippen LogP contribution in [0.5, 0.6) is 0 Å². The Morgan fingerprint density at radius 3 is 1.64 bits per heavy atom. The second-order valence-corrected chi connectivity index (χ2v) is 15.7. The first-order chi connectivity index (χ1) is 26.2. The molecule has 0 aliphatic rings. The normalized spacial score (nSPS) is 12.4. The Morgan fingerprint density at radius 2 is 0.943 bits per heavy atom. The average Bonchev–Trinajstić information content (AvgIpc) is 3.87. The summed E-state index contributed by atoms with van der Waals surface area (Å²) in [6.07, 6.45) is 6.42. The van der Waals surface area contributed by atoms with Gasteiger partial charge in [0.25, 0.3) is 0 Å². The van der Waals surface area contributed by atoms with Crippen molar-refractivity contribution < 1.29 is 0 Å². The molecule has 0 saturated heterocycles. The van der Waals surface area contributed by atoms with Crippen molar-refractivity contribution in [1.82, 2.24) is 13.9 Å². The van der Waals surface area contributed by atoms with Gasteiger partial charge in [-0.05, 0) is 79.8 Å². The minimum absolute atomic E-state index is 0.919. The predicted molar refractivity (Wildman–Crippen MR) is 232 cm³/mol. The quantitative estimate of drug-likeness (QED) is 0.132. The summed E-state index contributed by atoms with van der Waals surface area (Å²) in [5.74, 6) is 0.919. The van der Waals surface area contributed by atoms with Crippen LogP contribution in [-0.4, -0.2) is 20.2 Å². The lowest BCUT2D eigenvalue weighted by Gasteiger charge is -2.12. The van der Waals surface area contributed by atoms with E-state index >= 15 is 0 Å². The Balaban J connectivity index is 1.10. The molecule has 0 spiro atoms. The fourth-order valence-electron chi connectivity index (χ4n) is 8.92. The minimum Gasteiger partial charge on any atom is -0.292 e. The highest BCUT2D eigenvalue weighted by Gasteiger charge is 2.21. The number of aromatic nitrogens is 3. The molecule has 0 fully saturated rings. The molecule has 12 aromatic rings. The molecule has 0 aliphatic carbocycles. The topological polar surface area (TPSA) is 22.8 Å². The van der Waals surface area contributed by atoms with Gasteiger partial charge in [0, 0.05) is 51.6 Å². The predicted octanol–water partition coefficient (Wildman–Crippen LogP) is 13.9. The molecule has 4 aromatic heterocycles. The fourth-order valence-corrected chi connectivity index (χ4v) is 10.6. The zero-order valence-electron chi connectivity index (χ0n) is 28.4. The van der Waals surface area contributed by atoms with Crippen LogP contribution in [0.4, 0.5) is 0 Å². The lowest BCUT2D eigenvalue weighted by Crippen LogP contribution is -1.98. The average molecular weight is 710 g/mol. The SMILES string of the molecule is C=Pn1c2ccccc2c2ccc3c4ccccc4n(-c4cc5c(cn4)sc4ccc(-c6ccc7c8ccccc8c8ccccc8c7c6)cc45)c3c21. The molecule has 0 bridgehead atoms. The van der Waals surface area contributed by atoms with Crippen molar-refractivity contribution in [2.45, 2.75) is 0 Å². The van der Waals surface area contributed by atoms with Crippen LogP contribution < -0.4 is 0 Å². The van der Waals surface area contributed by atoms with Gasteiger partial charge in [-0.15, -0.1) is 11.3 Å². The number of pyridine rings is 1. The summed E-state index contributed by atoms with van der Waals surface area (Å²) in [6, 6.07) is 55.7. The number of para-hydroxylation sites is 2. The first-order valence-electron chi connectivity index (χ1n) is 17.8. The molecular weight excluding hydrogens is 682 g/mol. The molecule has 53 heavy (non-hydrogen) atoms. The smallest absolute Gasteiger partial charge is 0.138 e. The largest absolute Gasteiger partial charge is 0.292 e. The summed E-state index contributed by atoms with van der Waals surface area (Å²) < 4.78 is 7.16. The summed E-state index contributed by atoms with van der Waals surface area (Å²) in [4.78, 5) is 5.18. The van der Waals surface area contributed by atoms with Gasteiger partial charge in [-0.25, -0.2) is 4.98 Å². The van der Waals surface area contributed by atoms with E-state index in [1.165, 1.54) is 102 Å². The first-order valence-corrected chi connectivity index (χ1v) is 19.7. The Hall–Kier alpha value is -6.32. The van der Waals surface area contributed by atoms with Crippen LogP contribution in [0.25, 0.3) is 113 Å². The molecule has 0 N–H and O–H groups in total. The van der Waals surface area contributed by atoms with Crippen LogP contribution in [0.3, 0.4) is 0 Å². The Bertz CT molecular complexity index is 3510. The number of nitrogens with zero attached hydrogens (tertiary/aromatic N) is 3. The van der Waals surface area contributed by atoms with E-state index in [1.807, 2.05) is 11.3 Å². The van der Waals surface area contributed by atoms with Crippen LogP contribution >= 0.6 is 19.7 Å². The van der Waals surface area contributed by atoms with E-state index in [0.717, 1.165) is 19.7 Å². The van der Waals surface area contributed by atoms with E-state index in [4.69, 9.17) is 4.98 Å². The van der Waals surface area contributed by atoms with E-state index in [9.17, 15) is 0 Å². The van der Waals surface area contributed by atoms with E-state index < -0.39 is 0 Å². The molecule has 246 valence electrons. The lowest BCUT2D eigenvalue weighted by atomic mass is 9.92. The van der Waals surface area contributed by atoms with E-state index in [-0.39, 0.29) is 0 Å². The second kappa shape index (κ2) is 10.8. The van der Waals surface area contributed by atoms with Crippen molar-refractivity contribution in [2.75, 3.05) is 0 Å². The highest BCUT2D eigenvalue weighted by Crippen LogP contribution is 2.44. The Labute approximate surface area is 309 Å². The van der Waals surface area contributed by atoms with E-state index in [2.05, 4.69) is 173 Å². The van der Waals surface area contributed by atoms with Crippen molar-refractivity contribution >= 4 is 122 Å². The van der Waals surface area contributed by atoms with E-state index in [0.29, 0.717) is 0 Å². The third-order valence-electron chi connectivity index (χ3n) is 11.2. The summed E-state index contributed by atoms with van der Waals surface area (Å²) in [5, 5.41) is 15.2. The molecule has 0 saturated carbocycles. The zero-order valence-corrected chi connectivity index (χ0v) is 30.1. The summed E-state index contributed by atoms with van der Waals surface area (Å²) in [5.41, 5.74) is 7.13. The van der Waals surface area contributed by atoms with Gasteiger partial charge in [0.2, 0.25) is 0 Å². The molecule has 0 amide bonds. The minimum atomic E-state index is 0.919. The van der Waals surface area contributed by atoms with Gasteiger partial charge in [-0.1, -0.05) is 122 Å². The van der Waals surface area contributed by atoms with Gasteiger partial charge >= 0.3 is 0 Å². The lowest BCUT2D eigenvalue weighted by molar-refractivity contribution is 1.09. The summed E-state index contributed by atoms with van der Waals surface area (Å²) >= 11 is 1.81. The van der Waals surface area contributed by atoms with Gasteiger partial charge < -0.3 is 0 Å². The number of thiophene rings is 1. The van der Waals surface area contributed by atoms with Crippen LogP contribution in [0.15, 0.2) is 158 Å². The number of hydrogen-bond donors (Lipinski definition) is 0. The first kappa shape index (κ1) is 29.3. The van der Waals surface area contributed by atoms with Crippen molar-refractivity contribution in [2.24, 2.45) is 0 Å². The van der Waals surface area contributed by atoms with Crippen molar-refractivity contribution in [1.29, 1.82) is 0 Å². The monoisotopic (exact) mass is 709 g/mol.